The number of halogens is 1. The van der Waals surface area contributed by atoms with Gasteiger partial charge in [-0.25, -0.2) is 14.0 Å². The van der Waals surface area contributed by atoms with Gasteiger partial charge in [0.15, 0.2) is 0 Å². The van der Waals surface area contributed by atoms with E-state index >= 15 is 0 Å². The molecule has 2 atom stereocenters. The first-order valence-electron chi connectivity index (χ1n) is 6.55. The number of hydrogen-bond acceptors (Lipinski definition) is 3. The second-order valence-corrected chi connectivity index (χ2v) is 5.16. The number of carbonyl (C=O) groups is 2. The predicted molar refractivity (Wildman–Crippen MR) is 72.0 cm³/mol. The van der Waals surface area contributed by atoms with Crippen molar-refractivity contribution in [3.05, 3.63) is 35.6 Å². The second-order valence-electron chi connectivity index (χ2n) is 5.16. The molecule has 2 rings (SSSR count). The number of urea groups is 1. The lowest BCUT2D eigenvalue weighted by molar-refractivity contribution is -0.141. The number of likely N-dealkylation sites (tertiary alicyclic amines) is 1. The maximum absolute atomic E-state index is 12.8. The van der Waals surface area contributed by atoms with Crippen LogP contribution < -0.4 is 0 Å². The van der Waals surface area contributed by atoms with E-state index in [0.29, 0.717) is 0 Å². The van der Waals surface area contributed by atoms with Gasteiger partial charge in [-0.3, -0.25) is 0 Å². The number of benzene rings is 1. The third kappa shape index (κ3) is 3.49. The van der Waals surface area contributed by atoms with Crippen molar-refractivity contribution in [2.75, 3.05) is 13.6 Å². The molecule has 1 aromatic rings. The molecule has 7 heteroatoms. The van der Waals surface area contributed by atoms with Gasteiger partial charge in [0.1, 0.15) is 11.9 Å². The van der Waals surface area contributed by atoms with E-state index in [9.17, 15) is 19.1 Å². The summed E-state index contributed by atoms with van der Waals surface area (Å²) in [6.07, 6.45) is -0.792. The minimum Gasteiger partial charge on any atom is -0.480 e. The number of aliphatic hydroxyl groups is 1. The van der Waals surface area contributed by atoms with Gasteiger partial charge in [-0.1, -0.05) is 12.1 Å². The molecule has 1 aromatic carbocycles. The van der Waals surface area contributed by atoms with E-state index in [0.717, 1.165) is 10.5 Å². The highest BCUT2D eigenvalue weighted by atomic mass is 19.1. The van der Waals surface area contributed by atoms with Crippen LogP contribution in [-0.4, -0.2) is 57.8 Å². The third-order valence-electron chi connectivity index (χ3n) is 3.47. The first kappa shape index (κ1) is 15.2. The fraction of sp³-hybridized carbons (Fsp3) is 0.429. The van der Waals surface area contributed by atoms with Crippen LogP contribution in [0.2, 0.25) is 0 Å². The van der Waals surface area contributed by atoms with E-state index in [1.54, 1.807) is 12.1 Å². The second kappa shape index (κ2) is 6.09. The summed E-state index contributed by atoms with van der Waals surface area (Å²) in [6, 6.07) is 4.24. The third-order valence-corrected chi connectivity index (χ3v) is 3.47. The summed E-state index contributed by atoms with van der Waals surface area (Å²) in [5, 5.41) is 18.6. The zero-order valence-electron chi connectivity index (χ0n) is 11.6. The van der Waals surface area contributed by atoms with Crippen molar-refractivity contribution in [1.29, 1.82) is 0 Å². The van der Waals surface area contributed by atoms with Crippen molar-refractivity contribution < 1.29 is 24.2 Å². The van der Waals surface area contributed by atoms with Gasteiger partial charge in [0.05, 0.1) is 6.10 Å². The van der Waals surface area contributed by atoms with Crippen LogP contribution in [0.25, 0.3) is 0 Å². The number of β-amino-alcohol motifs (C(OH)–C–C–N with tert-alkyl or cyclic N) is 1. The Balaban J connectivity index is 2.04. The molecule has 0 radical (unpaired) electrons. The molecular weight excluding hydrogens is 279 g/mol. The summed E-state index contributed by atoms with van der Waals surface area (Å²) < 4.78 is 12.8. The topological polar surface area (TPSA) is 81.1 Å². The van der Waals surface area contributed by atoms with Crippen molar-refractivity contribution >= 4 is 12.0 Å². The Hall–Kier alpha value is -2.15. The monoisotopic (exact) mass is 296 g/mol. The van der Waals surface area contributed by atoms with Crippen LogP contribution in [0.3, 0.4) is 0 Å². The zero-order valence-corrected chi connectivity index (χ0v) is 11.6. The Morgan fingerprint density at radius 1 is 1.38 bits per heavy atom. The molecule has 6 nitrogen and oxygen atoms in total. The number of carboxylic acid groups (broad SMARTS) is 1. The summed E-state index contributed by atoms with van der Waals surface area (Å²) in [4.78, 5) is 25.9. The average molecular weight is 296 g/mol. The van der Waals surface area contributed by atoms with E-state index in [-0.39, 0.29) is 25.3 Å². The molecular formula is C14H17FN2O4. The van der Waals surface area contributed by atoms with Crippen molar-refractivity contribution in [2.45, 2.75) is 25.1 Å². The number of rotatable bonds is 3. The van der Waals surface area contributed by atoms with Crippen LogP contribution in [0.5, 0.6) is 0 Å². The van der Waals surface area contributed by atoms with Gasteiger partial charge in [0.2, 0.25) is 0 Å². The molecule has 0 saturated carbocycles. The predicted octanol–water partition coefficient (Wildman–Crippen LogP) is 0.897. The molecule has 2 N–H and O–H groups in total. The quantitative estimate of drug-likeness (QED) is 0.868. The molecule has 1 saturated heterocycles. The Labute approximate surface area is 121 Å². The summed E-state index contributed by atoms with van der Waals surface area (Å²) >= 11 is 0. The van der Waals surface area contributed by atoms with Gasteiger partial charge in [0, 0.05) is 26.6 Å². The summed E-state index contributed by atoms with van der Waals surface area (Å²) in [6.45, 7) is 0.238. The lowest BCUT2D eigenvalue weighted by Crippen LogP contribution is -2.46. The molecule has 0 spiro atoms. The van der Waals surface area contributed by atoms with Gasteiger partial charge in [-0.15, -0.1) is 0 Å². The number of carboxylic acids is 1. The van der Waals surface area contributed by atoms with Gasteiger partial charge >= 0.3 is 12.0 Å². The molecule has 21 heavy (non-hydrogen) atoms. The van der Waals surface area contributed by atoms with Crippen LogP contribution in [0.1, 0.15) is 12.0 Å². The standard InChI is InChI=1S/C14H17FN2O4/c1-16(7-9-2-4-10(15)5-3-9)14(21)17-8-11(18)6-12(17)13(19)20/h2-5,11-12,18H,6-8H2,1H3,(H,19,20). The Morgan fingerprint density at radius 2 is 2.00 bits per heavy atom. The average Bonchev–Trinajstić information content (AvgIpc) is 2.82. The lowest BCUT2D eigenvalue weighted by atomic mass is 10.2. The van der Waals surface area contributed by atoms with Crippen molar-refractivity contribution in [3.8, 4) is 0 Å². The number of aliphatic hydroxyl groups excluding tert-OH is 1. The molecule has 1 aliphatic rings. The van der Waals surface area contributed by atoms with Crippen molar-refractivity contribution in [2.24, 2.45) is 0 Å². The van der Waals surface area contributed by atoms with Crippen LogP contribution in [0, 0.1) is 5.82 Å². The van der Waals surface area contributed by atoms with Gasteiger partial charge < -0.3 is 20.0 Å². The van der Waals surface area contributed by atoms with E-state index in [2.05, 4.69) is 0 Å². The van der Waals surface area contributed by atoms with Crippen LogP contribution in [0.4, 0.5) is 9.18 Å². The smallest absolute Gasteiger partial charge is 0.326 e. The molecule has 2 amide bonds. The minimum absolute atomic E-state index is 0.00353. The van der Waals surface area contributed by atoms with E-state index in [4.69, 9.17) is 5.11 Å². The van der Waals surface area contributed by atoms with E-state index in [1.165, 1.54) is 24.1 Å². The van der Waals surface area contributed by atoms with Gasteiger partial charge in [-0.05, 0) is 17.7 Å². The number of hydrogen-bond donors (Lipinski definition) is 2. The molecule has 114 valence electrons. The molecule has 1 heterocycles. The number of amides is 2. The Bertz CT molecular complexity index is 534. The minimum atomic E-state index is -1.13. The zero-order chi connectivity index (χ0) is 15.6. The fourth-order valence-electron chi connectivity index (χ4n) is 2.41. The normalized spacial score (nSPS) is 21.4. The van der Waals surface area contributed by atoms with Crippen molar-refractivity contribution in [3.63, 3.8) is 0 Å². The Morgan fingerprint density at radius 3 is 2.57 bits per heavy atom. The first-order valence-corrected chi connectivity index (χ1v) is 6.55. The maximum Gasteiger partial charge on any atom is 0.326 e. The SMILES string of the molecule is CN(Cc1ccc(F)cc1)C(=O)N1CC(O)CC1C(=O)O. The van der Waals surface area contributed by atoms with Gasteiger partial charge in [0.25, 0.3) is 0 Å². The lowest BCUT2D eigenvalue weighted by Gasteiger charge is -2.27. The summed E-state index contributed by atoms with van der Waals surface area (Å²) in [5.74, 6) is -1.49. The maximum atomic E-state index is 12.8. The largest absolute Gasteiger partial charge is 0.480 e. The highest BCUT2D eigenvalue weighted by Gasteiger charge is 2.39. The molecule has 0 bridgehead atoms. The number of carbonyl (C=O) groups excluding carboxylic acids is 1. The van der Waals surface area contributed by atoms with Crippen LogP contribution in [-0.2, 0) is 11.3 Å². The van der Waals surface area contributed by atoms with Crippen molar-refractivity contribution in [1.82, 2.24) is 9.80 Å². The fourth-order valence-corrected chi connectivity index (χ4v) is 2.41. The molecule has 2 unspecified atom stereocenters. The van der Waals surface area contributed by atoms with Gasteiger partial charge in [-0.2, -0.15) is 0 Å². The highest BCUT2D eigenvalue weighted by Crippen LogP contribution is 2.20. The first-order chi connectivity index (χ1) is 9.88. The molecule has 1 aliphatic heterocycles. The molecule has 0 aliphatic carbocycles. The van der Waals surface area contributed by atoms with Crippen LogP contribution in [0.15, 0.2) is 24.3 Å². The van der Waals surface area contributed by atoms with E-state index < -0.39 is 24.1 Å². The number of aliphatic carboxylic acids is 1. The highest BCUT2D eigenvalue weighted by molar-refractivity contribution is 5.83. The summed E-state index contributed by atoms with van der Waals surface area (Å²) in [7, 11) is 1.54. The summed E-state index contributed by atoms with van der Waals surface area (Å²) in [5.41, 5.74) is 0.735. The molecule has 0 aromatic heterocycles. The number of nitrogens with zero attached hydrogens (tertiary/aromatic N) is 2. The Kier molecular flexibility index (Phi) is 4.42. The molecule has 1 fully saturated rings. The van der Waals surface area contributed by atoms with Crippen LogP contribution >= 0.6 is 0 Å². The van der Waals surface area contributed by atoms with E-state index in [1.807, 2.05) is 0 Å².